The molecule has 0 spiro atoms. The van der Waals surface area contributed by atoms with Gasteiger partial charge in [0.05, 0.1) is 12.5 Å². The van der Waals surface area contributed by atoms with Crippen LogP contribution in [0.5, 0.6) is 5.75 Å². The van der Waals surface area contributed by atoms with Crippen LogP contribution in [0.2, 0.25) is 0 Å². The molecule has 16 nitrogen and oxygen atoms in total. The van der Waals surface area contributed by atoms with E-state index < -0.39 is 60.2 Å². The molecular weight excluding hydrogens is 600 g/mol. The van der Waals surface area contributed by atoms with Gasteiger partial charge in [0.1, 0.15) is 23.9 Å². The lowest BCUT2D eigenvalue weighted by molar-refractivity contribution is -0.143. The fraction of sp³-hybridized carbons (Fsp3) is 0.333. The third-order valence-corrected chi connectivity index (χ3v) is 7.03. The van der Waals surface area contributed by atoms with Crippen LogP contribution in [-0.4, -0.2) is 86.6 Å². The predicted octanol–water partition coefficient (Wildman–Crippen LogP) is -0.947. The molecule has 0 aliphatic rings. The number of nitrogens with one attached hydrogen (secondary N) is 4. The first-order chi connectivity index (χ1) is 21.8. The molecule has 1 heterocycles. The molecule has 2 aromatic carbocycles. The quantitative estimate of drug-likeness (QED) is 0.0488. The number of hydrogen-bond donors (Lipinski definition) is 10. The summed E-state index contributed by atoms with van der Waals surface area (Å²) in [5.41, 5.74) is 18.7. The summed E-state index contributed by atoms with van der Waals surface area (Å²) in [4.78, 5) is 70.1. The Morgan fingerprint density at radius 1 is 0.826 bits per heavy atom. The van der Waals surface area contributed by atoms with Crippen LogP contribution >= 0.6 is 0 Å². The Labute approximate surface area is 263 Å². The number of aromatic nitrogens is 1. The monoisotopic (exact) mass is 638 g/mol. The van der Waals surface area contributed by atoms with Gasteiger partial charge in [-0.15, -0.1) is 0 Å². The summed E-state index contributed by atoms with van der Waals surface area (Å²) in [6.45, 7) is 0.0844. The summed E-state index contributed by atoms with van der Waals surface area (Å²) in [6, 6.07) is 7.66. The van der Waals surface area contributed by atoms with Crippen molar-refractivity contribution in [3.63, 3.8) is 0 Å². The van der Waals surface area contributed by atoms with Gasteiger partial charge < -0.3 is 53.5 Å². The molecular formula is C30H38N8O8. The van der Waals surface area contributed by atoms with E-state index in [1.165, 1.54) is 12.1 Å². The molecule has 0 bridgehead atoms. The van der Waals surface area contributed by atoms with Crippen LogP contribution in [0, 0.1) is 0 Å². The molecule has 3 aromatic rings. The summed E-state index contributed by atoms with van der Waals surface area (Å²) in [5.74, 6) is -5.58. The standard InChI is InChI=1S/C30H38N8O8/c31-20(12-16-7-9-18(39)10-8-16)26(42)37-23(14-25(40)41)28(44)36-22(6-3-11-34-30(32)33)27(43)38-24(29(45)46)13-17-15-35-21-5-2-1-4-19(17)21/h1-2,4-5,7-10,15,20,22-24,35,39H,3,6,11-14,31H2,(H,36,44)(H,37,42)(H,38,43)(H,40,41)(H,45,46)(H4,32,33,34). The Hall–Kier alpha value is -5.64. The number of benzene rings is 2. The predicted molar refractivity (Wildman–Crippen MR) is 167 cm³/mol. The molecule has 0 saturated heterocycles. The Morgan fingerprint density at radius 3 is 2.11 bits per heavy atom. The van der Waals surface area contributed by atoms with Crippen LogP contribution < -0.4 is 33.2 Å². The van der Waals surface area contributed by atoms with Crippen molar-refractivity contribution in [2.75, 3.05) is 6.54 Å². The van der Waals surface area contributed by atoms with Crippen molar-refractivity contribution in [3.05, 3.63) is 65.9 Å². The average molecular weight is 639 g/mol. The van der Waals surface area contributed by atoms with E-state index in [9.17, 15) is 39.3 Å². The normalized spacial score (nSPS) is 13.5. The van der Waals surface area contributed by atoms with Gasteiger partial charge in [-0.2, -0.15) is 0 Å². The number of nitrogens with two attached hydrogens (primary N) is 3. The fourth-order valence-corrected chi connectivity index (χ4v) is 4.68. The third-order valence-electron chi connectivity index (χ3n) is 7.03. The van der Waals surface area contributed by atoms with Gasteiger partial charge >= 0.3 is 11.9 Å². The van der Waals surface area contributed by atoms with Gasteiger partial charge in [-0.1, -0.05) is 30.3 Å². The Morgan fingerprint density at radius 2 is 1.46 bits per heavy atom. The summed E-state index contributed by atoms with van der Waals surface area (Å²) in [7, 11) is 0. The molecule has 4 atom stereocenters. The number of carboxylic acid groups (broad SMARTS) is 2. The minimum Gasteiger partial charge on any atom is -0.508 e. The number of hydrogen-bond acceptors (Lipinski definition) is 8. The van der Waals surface area contributed by atoms with Crippen LogP contribution in [0.3, 0.4) is 0 Å². The number of aliphatic imine (C=N–C) groups is 1. The minimum atomic E-state index is -1.62. The maximum atomic E-state index is 13.4. The van der Waals surface area contributed by atoms with Gasteiger partial charge in [0.2, 0.25) is 17.7 Å². The number of fused-ring (bicyclic) bond motifs is 1. The first kappa shape index (κ1) is 34.8. The molecule has 3 rings (SSSR count). The van der Waals surface area contributed by atoms with Crippen LogP contribution in [-0.2, 0) is 36.8 Å². The van der Waals surface area contributed by atoms with Crippen molar-refractivity contribution in [1.82, 2.24) is 20.9 Å². The molecule has 0 radical (unpaired) electrons. The van der Waals surface area contributed by atoms with Gasteiger partial charge in [-0.25, -0.2) is 4.79 Å². The molecule has 0 aliphatic heterocycles. The van der Waals surface area contributed by atoms with E-state index in [0.717, 1.165) is 10.9 Å². The second-order valence-electron chi connectivity index (χ2n) is 10.6. The van der Waals surface area contributed by atoms with E-state index in [4.69, 9.17) is 17.2 Å². The summed E-state index contributed by atoms with van der Waals surface area (Å²) in [6.07, 6.45) is 0.898. The lowest BCUT2D eigenvalue weighted by atomic mass is 10.0. The highest BCUT2D eigenvalue weighted by atomic mass is 16.4. The number of amides is 3. The number of carbonyl (C=O) groups is 5. The molecule has 46 heavy (non-hydrogen) atoms. The molecule has 246 valence electrons. The average Bonchev–Trinajstić information content (AvgIpc) is 3.41. The second-order valence-corrected chi connectivity index (χ2v) is 10.6. The van der Waals surface area contributed by atoms with E-state index in [-0.39, 0.29) is 43.9 Å². The minimum absolute atomic E-state index is 0.0181. The summed E-state index contributed by atoms with van der Waals surface area (Å²) >= 11 is 0. The highest BCUT2D eigenvalue weighted by Crippen LogP contribution is 2.19. The van der Waals surface area contributed by atoms with Crippen LogP contribution in [0.1, 0.15) is 30.4 Å². The van der Waals surface area contributed by atoms with Crippen molar-refractivity contribution in [1.29, 1.82) is 0 Å². The highest BCUT2D eigenvalue weighted by Gasteiger charge is 2.31. The van der Waals surface area contributed by atoms with Gasteiger partial charge in [-0.05, 0) is 48.6 Å². The first-order valence-corrected chi connectivity index (χ1v) is 14.3. The second kappa shape index (κ2) is 16.4. The molecule has 0 saturated carbocycles. The van der Waals surface area contributed by atoms with Gasteiger partial charge in [0.15, 0.2) is 5.96 Å². The summed E-state index contributed by atoms with van der Waals surface area (Å²) in [5, 5.41) is 36.8. The van der Waals surface area contributed by atoms with Gasteiger partial charge in [-0.3, -0.25) is 24.2 Å². The number of carboxylic acids is 2. The van der Waals surface area contributed by atoms with Crippen molar-refractivity contribution in [2.45, 2.75) is 56.3 Å². The number of aliphatic carboxylic acids is 2. The number of phenolic OH excluding ortho intramolecular Hbond substituents is 1. The van der Waals surface area contributed by atoms with E-state index >= 15 is 0 Å². The number of H-pyrrole nitrogens is 1. The number of phenols is 1. The lowest BCUT2D eigenvalue weighted by Gasteiger charge is -2.24. The first-order valence-electron chi connectivity index (χ1n) is 14.3. The zero-order valence-electron chi connectivity index (χ0n) is 24.8. The topological polar surface area (TPSA) is 288 Å². The molecule has 0 aliphatic carbocycles. The molecule has 3 amide bonds. The highest BCUT2D eigenvalue weighted by molar-refractivity contribution is 5.96. The van der Waals surface area contributed by atoms with Crippen LogP contribution in [0.15, 0.2) is 59.7 Å². The Balaban J connectivity index is 1.75. The number of nitrogens with zero attached hydrogens (tertiary/aromatic N) is 1. The van der Waals surface area contributed by atoms with Crippen molar-refractivity contribution >= 4 is 46.5 Å². The number of para-hydroxylation sites is 1. The molecule has 16 heteroatoms. The number of carbonyl (C=O) groups excluding carboxylic acids is 3. The number of rotatable bonds is 17. The third kappa shape index (κ3) is 10.5. The van der Waals surface area contributed by atoms with E-state index in [1.807, 2.05) is 18.2 Å². The van der Waals surface area contributed by atoms with Crippen LogP contribution in [0.25, 0.3) is 10.9 Å². The van der Waals surface area contributed by atoms with Crippen molar-refractivity contribution in [3.8, 4) is 5.75 Å². The van der Waals surface area contributed by atoms with E-state index in [2.05, 4.69) is 25.9 Å². The smallest absolute Gasteiger partial charge is 0.326 e. The number of aromatic amines is 1. The lowest BCUT2D eigenvalue weighted by Crippen LogP contribution is -2.57. The number of aromatic hydroxyl groups is 1. The molecule has 1 aromatic heterocycles. The zero-order valence-corrected chi connectivity index (χ0v) is 24.8. The molecule has 13 N–H and O–H groups in total. The van der Waals surface area contributed by atoms with Crippen LogP contribution in [0.4, 0.5) is 0 Å². The van der Waals surface area contributed by atoms with Gasteiger partial charge in [0.25, 0.3) is 0 Å². The molecule has 4 unspecified atom stereocenters. The van der Waals surface area contributed by atoms with E-state index in [0.29, 0.717) is 11.1 Å². The maximum absolute atomic E-state index is 13.4. The van der Waals surface area contributed by atoms with Crippen molar-refractivity contribution < 1.29 is 39.3 Å². The molecule has 0 fully saturated rings. The Kier molecular flexibility index (Phi) is 12.5. The maximum Gasteiger partial charge on any atom is 0.326 e. The van der Waals surface area contributed by atoms with Crippen molar-refractivity contribution in [2.24, 2.45) is 22.2 Å². The summed E-state index contributed by atoms with van der Waals surface area (Å²) < 4.78 is 0. The zero-order chi connectivity index (χ0) is 33.8. The van der Waals surface area contributed by atoms with Gasteiger partial charge in [0, 0.05) is 30.1 Å². The Bertz CT molecular complexity index is 1570. The SMILES string of the molecule is NC(N)=NCCCC(NC(=O)C(CC(=O)O)NC(=O)C(N)Cc1ccc(O)cc1)C(=O)NC(Cc1c[nH]c2ccccc12)C(=O)O. The largest absolute Gasteiger partial charge is 0.508 e. The number of guanidine groups is 1. The fourth-order valence-electron chi connectivity index (χ4n) is 4.68. The van der Waals surface area contributed by atoms with E-state index in [1.54, 1.807) is 24.4 Å².